The molecule has 15 heavy (non-hydrogen) atoms. The molecule has 1 aromatic heterocycles. The van der Waals surface area contributed by atoms with E-state index in [1.165, 1.54) is 34.2 Å². The maximum Gasteiger partial charge on any atom is 0.0623 e. The van der Waals surface area contributed by atoms with E-state index < -0.39 is 0 Å². The number of halogens is 1. The normalized spacial score (nSPS) is 11.1. The minimum atomic E-state index is 0.978. The molecule has 2 rings (SSSR count). The number of fused-ring (bicyclic) bond motifs is 1. The van der Waals surface area contributed by atoms with E-state index in [0.29, 0.717) is 0 Å². The molecule has 2 heteroatoms. The van der Waals surface area contributed by atoms with Crippen LogP contribution in [-0.2, 0) is 6.42 Å². The molecule has 0 radical (unpaired) electrons. The van der Waals surface area contributed by atoms with Crippen LogP contribution >= 0.6 is 22.9 Å². The van der Waals surface area contributed by atoms with E-state index in [9.17, 15) is 0 Å². The van der Waals surface area contributed by atoms with Crippen molar-refractivity contribution in [2.45, 2.75) is 32.6 Å². The highest BCUT2D eigenvalue weighted by Crippen LogP contribution is 2.35. The minimum Gasteiger partial charge on any atom is -0.139 e. The van der Waals surface area contributed by atoms with E-state index in [2.05, 4.69) is 31.2 Å². The Balaban J connectivity index is 2.24. The van der Waals surface area contributed by atoms with Crippen LogP contribution in [0.4, 0.5) is 0 Å². The van der Waals surface area contributed by atoms with E-state index in [4.69, 9.17) is 11.6 Å². The zero-order valence-corrected chi connectivity index (χ0v) is 10.5. The number of benzene rings is 1. The lowest BCUT2D eigenvalue weighted by atomic mass is 10.1. The first kappa shape index (κ1) is 11.0. The predicted octanol–water partition coefficient (Wildman–Crippen LogP) is 5.29. The Labute approximate surface area is 99.9 Å². The van der Waals surface area contributed by atoms with Gasteiger partial charge in [-0.3, -0.25) is 0 Å². The van der Waals surface area contributed by atoms with Gasteiger partial charge in [0.05, 0.1) is 5.02 Å². The monoisotopic (exact) mass is 238 g/mol. The van der Waals surface area contributed by atoms with Crippen LogP contribution < -0.4 is 0 Å². The van der Waals surface area contributed by atoms with E-state index in [1.54, 1.807) is 0 Å². The molecular weight excluding hydrogens is 224 g/mol. The summed E-state index contributed by atoms with van der Waals surface area (Å²) < 4.78 is 1.31. The van der Waals surface area contributed by atoms with Gasteiger partial charge in [0.15, 0.2) is 0 Å². The lowest BCUT2D eigenvalue weighted by Gasteiger charge is -1.96. The van der Waals surface area contributed by atoms with Crippen LogP contribution in [0.2, 0.25) is 5.02 Å². The van der Waals surface area contributed by atoms with Crippen molar-refractivity contribution in [3.8, 4) is 0 Å². The van der Waals surface area contributed by atoms with Gasteiger partial charge in [0.25, 0.3) is 0 Å². The highest BCUT2D eigenvalue weighted by atomic mass is 35.5. The molecule has 0 aliphatic rings. The Morgan fingerprint density at radius 1 is 1.20 bits per heavy atom. The van der Waals surface area contributed by atoms with Crippen molar-refractivity contribution in [2.24, 2.45) is 0 Å². The van der Waals surface area contributed by atoms with Gasteiger partial charge in [-0.25, -0.2) is 0 Å². The van der Waals surface area contributed by atoms with E-state index in [-0.39, 0.29) is 0 Å². The third-order valence-electron chi connectivity index (χ3n) is 2.61. The second-order valence-electron chi connectivity index (χ2n) is 3.79. The lowest BCUT2D eigenvalue weighted by molar-refractivity contribution is 0.723. The Morgan fingerprint density at radius 3 is 2.73 bits per heavy atom. The molecule has 80 valence electrons. The molecule has 2 aromatic rings. The number of aryl methyl sites for hydroxylation is 1. The van der Waals surface area contributed by atoms with Gasteiger partial charge in [-0.15, -0.1) is 11.3 Å². The zero-order valence-electron chi connectivity index (χ0n) is 8.92. The summed E-state index contributed by atoms with van der Waals surface area (Å²) in [5, 5.41) is 2.20. The third-order valence-corrected chi connectivity index (χ3v) is 4.38. The minimum absolute atomic E-state index is 0.978. The fraction of sp³-hybridized carbons (Fsp3) is 0.385. The standard InChI is InChI=1S/C13H15ClS/c1-2-3-4-9-12-13(14)10-7-5-6-8-11(10)15-12/h5-8H,2-4,9H2,1H3. The first-order valence-electron chi connectivity index (χ1n) is 5.49. The van der Waals surface area contributed by atoms with E-state index in [1.807, 2.05) is 11.3 Å². The summed E-state index contributed by atoms with van der Waals surface area (Å²) in [4.78, 5) is 1.35. The third kappa shape index (κ3) is 2.35. The molecule has 0 nitrogen and oxygen atoms in total. The summed E-state index contributed by atoms with van der Waals surface area (Å²) in [6.45, 7) is 2.23. The molecule has 0 unspecified atom stereocenters. The van der Waals surface area contributed by atoms with Crippen LogP contribution in [-0.4, -0.2) is 0 Å². The number of unbranched alkanes of at least 4 members (excludes halogenated alkanes) is 2. The lowest BCUT2D eigenvalue weighted by Crippen LogP contribution is -1.80. The number of rotatable bonds is 4. The summed E-state index contributed by atoms with van der Waals surface area (Å²) in [6, 6.07) is 8.38. The molecule has 0 amide bonds. The molecule has 0 saturated carbocycles. The molecule has 1 heterocycles. The van der Waals surface area contributed by atoms with Crippen molar-refractivity contribution in [1.82, 2.24) is 0 Å². The number of hydrogen-bond donors (Lipinski definition) is 0. The van der Waals surface area contributed by atoms with E-state index >= 15 is 0 Å². The molecule has 0 aliphatic heterocycles. The highest BCUT2D eigenvalue weighted by Gasteiger charge is 2.08. The topological polar surface area (TPSA) is 0 Å². The average Bonchev–Trinajstić information content (AvgIpc) is 2.57. The molecule has 0 atom stereocenters. The summed E-state index contributed by atoms with van der Waals surface area (Å²) >= 11 is 8.19. The Kier molecular flexibility index (Phi) is 3.66. The van der Waals surface area contributed by atoms with Gasteiger partial charge in [0.1, 0.15) is 0 Å². The largest absolute Gasteiger partial charge is 0.139 e. The van der Waals surface area contributed by atoms with Gasteiger partial charge >= 0.3 is 0 Å². The van der Waals surface area contributed by atoms with Crippen LogP contribution in [0.15, 0.2) is 24.3 Å². The van der Waals surface area contributed by atoms with Crippen LogP contribution in [0.1, 0.15) is 31.1 Å². The maximum absolute atomic E-state index is 6.35. The summed E-state index contributed by atoms with van der Waals surface area (Å²) in [7, 11) is 0. The van der Waals surface area contributed by atoms with Gasteiger partial charge < -0.3 is 0 Å². The smallest absolute Gasteiger partial charge is 0.0623 e. The van der Waals surface area contributed by atoms with Crippen molar-refractivity contribution in [3.05, 3.63) is 34.2 Å². The first-order valence-corrected chi connectivity index (χ1v) is 6.68. The highest BCUT2D eigenvalue weighted by molar-refractivity contribution is 7.19. The molecule has 0 fully saturated rings. The maximum atomic E-state index is 6.35. The quantitative estimate of drug-likeness (QED) is 0.635. The number of thiophene rings is 1. The van der Waals surface area contributed by atoms with Crippen LogP contribution in [0.5, 0.6) is 0 Å². The van der Waals surface area contributed by atoms with Crippen LogP contribution in [0, 0.1) is 0 Å². The van der Waals surface area contributed by atoms with Crippen molar-refractivity contribution in [1.29, 1.82) is 0 Å². The second kappa shape index (κ2) is 5.00. The number of hydrogen-bond acceptors (Lipinski definition) is 1. The molecular formula is C13H15ClS. The molecule has 1 aromatic carbocycles. The fourth-order valence-corrected chi connectivity index (χ4v) is 3.33. The average molecular weight is 239 g/mol. The van der Waals surface area contributed by atoms with Crippen molar-refractivity contribution in [3.63, 3.8) is 0 Å². The first-order chi connectivity index (χ1) is 7.33. The Bertz CT molecular complexity index is 445. The molecule has 0 N–H and O–H groups in total. The Morgan fingerprint density at radius 2 is 2.00 bits per heavy atom. The van der Waals surface area contributed by atoms with Crippen LogP contribution in [0.25, 0.3) is 10.1 Å². The van der Waals surface area contributed by atoms with Crippen molar-refractivity contribution >= 4 is 33.0 Å². The zero-order chi connectivity index (χ0) is 10.7. The van der Waals surface area contributed by atoms with Gasteiger partial charge in [0.2, 0.25) is 0 Å². The molecule has 0 saturated heterocycles. The predicted molar refractivity (Wildman–Crippen MR) is 70.1 cm³/mol. The van der Waals surface area contributed by atoms with Crippen molar-refractivity contribution in [2.75, 3.05) is 0 Å². The summed E-state index contributed by atoms with van der Waals surface area (Å²) in [5.74, 6) is 0. The molecule has 0 aliphatic carbocycles. The van der Waals surface area contributed by atoms with E-state index in [0.717, 1.165) is 11.4 Å². The fourth-order valence-electron chi connectivity index (χ4n) is 1.76. The SMILES string of the molecule is CCCCCc1sc2ccccc2c1Cl. The molecule has 0 spiro atoms. The van der Waals surface area contributed by atoms with Crippen molar-refractivity contribution < 1.29 is 0 Å². The Hall–Kier alpha value is -0.530. The second-order valence-corrected chi connectivity index (χ2v) is 5.31. The van der Waals surface area contributed by atoms with Crippen LogP contribution in [0.3, 0.4) is 0 Å². The summed E-state index contributed by atoms with van der Waals surface area (Å²) in [6.07, 6.45) is 4.95. The van der Waals surface area contributed by atoms with Gasteiger partial charge in [-0.2, -0.15) is 0 Å². The summed E-state index contributed by atoms with van der Waals surface area (Å²) in [5.41, 5.74) is 0. The molecule has 0 bridgehead atoms. The van der Waals surface area contributed by atoms with Gasteiger partial charge in [-0.05, 0) is 18.9 Å². The van der Waals surface area contributed by atoms with Gasteiger partial charge in [0, 0.05) is 15.0 Å². The van der Waals surface area contributed by atoms with Gasteiger partial charge in [-0.1, -0.05) is 49.6 Å².